The number of benzene rings is 1. The Labute approximate surface area is 110 Å². The van der Waals surface area contributed by atoms with Crippen LogP contribution >= 0.6 is 0 Å². The van der Waals surface area contributed by atoms with Gasteiger partial charge >= 0.3 is 0 Å². The third-order valence-corrected chi connectivity index (χ3v) is 3.58. The summed E-state index contributed by atoms with van der Waals surface area (Å²) in [7, 11) is 0. The van der Waals surface area contributed by atoms with Crippen LogP contribution in [0.15, 0.2) is 43.0 Å². The minimum Gasteiger partial charge on any atom is -0.328 e. The van der Waals surface area contributed by atoms with E-state index in [2.05, 4.69) is 68.4 Å². The van der Waals surface area contributed by atoms with E-state index in [1.54, 1.807) is 0 Å². The van der Waals surface area contributed by atoms with Gasteiger partial charge in [0.1, 0.15) is 0 Å². The maximum Gasteiger partial charge on any atom is 0.0953 e. The summed E-state index contributed by atoms with van der Waals surface area (Å²) >= 11 is 0. The fourth-order valence-electron chi connectivity index (χ4n) is 2.11. The second-order valence-corrected chi connectivity index (χ2v) is 6.36. The largest absolute Gasteiger partial charge is 0.328 e. The molecule has 2 rings (SSSR count). The third kappa shape index (κ3) is 2.33. The van der Waals surface area contributed by atoms with E-state index < -0.39 is 0 Å². The van der Waals surface area contributed by atoms with E-state index in [4.69, 9.17) is 0 Å². The van der Waals surface area contributed by atoms with E-state index in [9.17, 15) is 0 Å². The molecule has 96 valence electrons. The Kier molecular flexibility index (Phi) is 3.05. The molecule has 2 nitrogen and oxygen atoms in total. The summed E-state index contributed by atoms with van der Waals surface area (Å²) < 4.78 is 2.15. The summed E-state index contributed by atoms with van der Waals surface area (Å²) in [6, 6.07) is 8.84. The molecule has 18 heavy (non-hydrogen) atoms. The minimum atomic E-state index is -0.0717. The standard InChI is InChI=1S/C16H22N2/c1-15(2,3)13-7-6-8-14(11-13)16(4,5)18-10-9-17-12-18/h6-12H,1-5H3. The van der Waals surface area contributed by atoms with Crippen molar-refractivity contribution in [2.75, 3.05) is 0 Å². The minimum absolute atomic E-state index is 0.0717. The lowest BCUT2D eigenvalue weighted by atomic mass is 9.83. The average molecular weight is 242 g/mol. The van der Waals surface area contributed by atoms with E-state index in [1.807, 2.05) is 18.7 Å². The van der Waals surface area contributed by atoms with Crippen LogP contribution < -0.4 is 0 Å². The normalized spacial score (nSPS) is 12.7. The van der Waals surface area contributed by atoms with Crippen LogP contribution in [0.5, 0.6) is 0 Å². The molecule has 0 saturated heterocycles. The summed E-state index contributed by atoms with van der Waals surface area (Å²) in [5.74, 6) is 0. The highest BCUT2D eigenvalue weighted by Crippen LogP contribution is 2.29. The maximum atomic E-state index is 4.15. The molecule has 0 N–H and O–H groups in total. The maximum absolute atomic E-state index is 4.15. The molecule has 0 saturated carbocycles. The van der Waals surface area contributed by atoms with Crippen LogP contribution in [0.1, 0.15) is 45.7 Å². The molecular weight excluding hydrogens is 220 g/mol. The van der Waals surface area contributed by atoms with Crippen molar-refractivity contribution in [3.05, 3.63) is 54.1 Å². The molecule has 0 aliphatic carbocycles. The lowest BCUT2D eigenvalue weighted by Gasteiger charge is -2.29. The fraction of sp³-hybridized carbons (Fsp3) is 0.438. The summed E-state index contributed by atoms with van der Waals surface area (Å²) in [6.45, 7) is 11.2. The molecule has 0 fully saturated rings. The van der Waals surface area contributed by atoms with Crippen LogP contribution in [0, 0.1) is 0 Å². The lowest BCUT2D eigenvalue weighted by Crippen LogP contribution is -2.27. The van der Waals surface area contributed by atoms with Gasteiger partial charge in [0.25, 0.3) is 0 Å². The van der Waals surface area contributed by atoms with E-state index in [1.165, 1.54) is 11.1 Å². The first-order valence-corrected chi connectivity index (χ1v) is 6.41. The van der Waals surface area contributed by atoms with E-state index >= 15 is 0 Å². The van der Waals surface area contributed by atoms with Crippen LogP contribution in [0.4, 0.5) is 0 Å². The van der Waals surface area contributed by atoms with Crippen LogP contribution in [0.25, 0.3) is 0 Å². The number of rotatable bonds is 2. The highest BCUT2D eigenvalue weighted by atomic mass is 15.1. The summed E-state index contributed by atoms with van der Waals surface area (Å²) in [4.78, 5) is 4.15. The lowest BCUT2D eigenvalue weighted by molar-refractivity contribution is 0.434. The Hall–Kier alpha value is -1.57. The van der Waals surface area contributed by atoms with Crippen molar-refractivity contribution in [1.82, 2.24) is 9.55 Å². The zero-order chi connectivity index (χ0) is 13.4. The molecular formula is C16H22N2. The van der Waals surface area contributed by atoms with Gasteiger partial charge in [0.15, 0.2) is 0 Å². The zero-order valence-electron chi connectivity index (χ0n) is 11.9. The third-order valence-electron chi connectivity index (χ3n) is 3.58. The van der Waals surface area contributed by atoms with E-state index in [0.717, 1.165) is 0 Å². The van der Waals surface area contributed by atoms with Gasteiger partial charge in [-0.05, 0) is 30.4 Å². The molecule has 1 aromatic heterocycles. The Bertz CT molecular complexity index is 516. The number of nitrogens with zero attached hydrogens (tertiary/aromatic N) is 2. The van der Waals surface area contributed by atoms with Crippen molar-refractivity contribution in [3.8, 4) is 0 Å². The number of hydrogen-bond acceptors (Lipinski definition) is 1. The van der Waals surface area contributed by atoms with Crippen molar-refractivity contribution in [1.29, 1.82) is 0 Å². The first kappa shape index (κ1) is 12.9. The van der Waals surface area contributed by atoms with Gasteiger partial charge in [-0.3, -0.25) is 0 Å². The van der Waals surface area contributed by atoms with Gasteiger partial charge in [-0.2, -0.15) is 0 Å². The smallest absolute Gasteiger partial charge is 0.0953 e. The molecule has 1 heterocycles. The van der Waals surface area contributed by atoms with Crippen molar-refractivity contribution >= 4 is 0 Å². The molecule has 0 atom stereocenters. The van der Waals surface area contributed by atoms with E-state index in [-0.39, 0.29) is 11.0 Å². The Balaban J connectivity index is 2.46. The molecule has 0 aliphatic heterocycles. The first-order valence-electron chi connectivity index (χ1n) is 6.41. The van der Waals surface area contributed by atoms with Crippen LogP contribution in [0.2, 0.25) is 0 Å². The van der Waals surface area contributed by atoms with Gasteiger partial charge in [0.2, 0.25) is 0 Å². The second-order valence-electron chi connectivity index (χ2n) is 6.36. The van der Waals surface area contributed by atoms with Gasteiger partial charge in [-0.25, -0.2) is 4.98 Å². The molecule has 0 aliphatic rings. The summed E-state index contributed by atoms with van der Waals surface area (Å²) in [5, 5.41) is 0. The Morgan fingerprint density at radius 1 is 1.00 bits per heavy atom. The summed E-state index contributed by atoms with van der Waals surface area (Å²) in [6.07, 6.45) is 5.73. The molecule has 1 aromatic carbocycles. The Morgan fingerprint density at radius 2 is 1.67 bits per heavy atom. The van der Waals surface area contributed by atoms with Crippen molar-refractivity contribution < 1.29 is 0 Å². The average Bonchev–Trinajstić information content (AvgIpc) is 2.82. The highest BCUT2D eigenvalue weighted by molar-refractivity contribution is 5.33. The first-order chi connectivity index (χ1) is 8.32. The number of imidazole rings is 1. The zero-order valence-corrected chi connectivity index (χ0v) is 11.9. The SMILES string of the molecule is CC(C)(C)c1cccc(C(C)(C)n2ccnc2)c1. The fourth-order valence-corrected chi connectivity index (χ4v) is 2.11. The molecule has 0 amide bonds. The van der Waals surface area contributed by atoms with Gasteiger partial charge < -0.3 is 4.57 Å². The Morgan fingerprint density at radius 3 is 2.22 bits per heavy atom. The van der Waals surface area contributed by atoms with Crippen LogP contribution in [-0.4, -0.2) is 9.55 Å². The summed E-state index contributed by atoms with van der Waals surface area (Å²) in [5.41, 5.74) is 2.79. The topological polar surface area (TPSA) is 17.8 Å². The van der Waals surface area contributed by atoms with Crippen LogP contribution in [-0.2, 0) is 11.0 Å². The number of aromatic nitrogens is 2. The van der Waals surface area contributed by atoms with Gasteiger partial charge in [-0.15, -0.1) is 0 Å². The quantitative estimate of drug-likeness (QED) is 0.779. The molecule has 0 radical (unpaired) electrons. The van der Waals surface area contributed by atoms with Crippen molar-refractivity contribution in [2.24, 2.45) is 0 Å². The number of hydrogen-bond donors (Lipinski definition) is 0. The molecule has 0 unspecified atom stereocenters. The van der Waals surface area contributed by atoms with Gasteiger partial charge in [0, 0.05) is 12.4 Å². The van der Waals surface area contributed by atoms with E-state index in [0.29, 0.717) is 0 Å². The molecule has 2 aromatic rings. The van der Waals surface area contributed by atoms with Gasteiger partial charge in [-0.1, -0.05) is 45.0 Å². The monoisotopic (exact) mass is 242 g/mol. The molecule has 2 heteroatoms. The molecule has 0 bridgehead atoms. The van der Waals surface area contributed by atoms with Crippen LogP contribution in [0.3, 0.4) is 0 Å². The van der Waals surface area contributed by atoms with Crippen molar-refractivity contribution in [2.45, 2.75) is 45.6 Å². The van der Waals surface area contributed by atoms with Crippen molar-refractivity contribution in [3.63, 3.8) is 0 Å². The highest BCUT2D eigenvalue weighted by Gasteiger charge is 2.24. The van der Waals surface area contributed by atoms with Gasteiger partial charge in [0.05, 0.1) is 11.9 Å². The molecule has 0 spiro atoms. The predicted octanol–water partition coefficient (Wildman–Crippen LogP) is 3.96. The second kappa shape index (κ2) is 4.27. The predicted molar refractivity (Wildman–Crippen MR) is 75.8 cm³/mol.